The van der Waals surface area contributed by atoms with Crippen molar-refractivity contribution in [2.45, 2.75) is 121 Å². The van der Waals surface area contributed by atoms with E-state index < -0.39 is 45.9 Å². The number of aliphatic hydroxyl groups is 6. The summed E-state index contributed by atoms with van der Waals surface area (Å²) in [6.07, 6.45) is 2.11. The molecular formula is C27H44O7. The lowest BCUT2D eigenvalue weighted by Gasteiger charge is -2.60. The Morgan fingerprint density at radius 3 is 2.32 bits per heavy atom. The van der Waals surface area contributed by atoms with Crippen LogP contribution in [0.1, 0.15) is 86.0 Å². The average molecular weight is 481 g/mol. The highest BCUT2D eigenvalue weighted by molar-refractivity contribution is 5.95. The molecule has 7 nitrogen and oxygen atoms in total. The minimum absolute atomic E-state index is 0.0840. The first kappa shape index (κ1) is 26.2. The van der Waals surface area contributed by atoms with E-state index in [1.165, 1.54) is 0 Å². The van der Waals surface area contributed by atoms with Crippen molar-refractivity contribution in [2.75, 3.05) is 0 Å². The number of hydrogen-bond donors (Lipinski definition) is 6. The quantitative estimate of drug-likeness (QED) is 0.353. The Morgan fingerprint density at radius 1 is 1.06 bits per heavy atom. The Morgan fingerprint density at radius 2 is 1.71 bits per heavy atom. The van der Waals surface area contributed by atoms with E-state index in [2.05, 4.69) is 0 Å². The maximum absolute atomic E-state index is 13.2. The largest absolute Gasteiger partial charge is 0.390 e. The van der Waals surface area contributed by atoms with E-state index in [4.69, 9.17) is 0 Å². The summed E-state index contributed by atoms with van der Waals surface area (Å²) in [6.45, 7) is 8.96. The molecule has 0 saturated heterocycles. The zero-order chi connectivity index (χ0) is 25.5. The van der Waals surface area contributed by atoms with Gasteiger partial charge in [0.05, 0.1) is 35.1 Å². The highest BCUT2D eigenvalue weighted by Gasteiger charge is 2.69. The van der Waals surface area contributed by atoms with Gasteiger partial charge in [0.1, 0.15) is 0 Å². The maximum Gasteiger partial charge on any atom is 0.159 e. The van der Waals surface area contributed by atoms with Crippen LogP contribution in [-0.2, 0) is 4.79 Å². The molecule has 4 aliphatic rings. The van der Waals surface area contributed by atoms with Crippen LogP contribution in [0.4, 0.5) is 0 Å². The van der Waals surface area contributed by atoms with Gasteiger partial charge in [-0.2, -0.15) is 0 Å². The Hall–Kier alpha value is -0.830. The van der Waals surface area contributed by atoms with Gasteiger partial charge in [0.2, 0.25) is 0 Å². The fourth-order valence-electron chi connectivity index (χ4n) is 8.32. The van der Waals surface area contributed by atoms with Crippen LogP contribution in [0.2, 0.25) is 0 Å². The van der Waals surface area contributed by atoms with Crippen molar-refractivity contribution in [1.29, 1.82) is 0 Å². The third-order valence-corrected chi connectivity index (χ3v) is 10.5. The molecular weight excluding hydrogens is 436 g/mol. The molecule has 194 valence electrons. The van der Waals surface area contributed by atoms with Crippen LogP contribution in [0.25, 0.3) is 0 Å². The molecule has 0 aliphatic heterocycles. The van der Waals surface area contributed by atoms with Crippen LogP contribution in [0, 0.1) is 28.6 Å². The summed E-state index contributed by atoms with van der Waals surface area (Å²) in [5, 5.41) is 65.5. The summed E-state index contributed by atoms with van der Waals surface area (Å²) >= 11 is 0. The van der Waals surface area contributed by atoms with Gasteiger partial charge in [-0.15, -0.1) is 0 Å². The van der Waals surface area contributed by atoms with Crippen molar-refractivity contribution in [3.63, 3.8) is 0 Å². The number of allylic oxidation sites excluding steroid dienone is 1. The van der Waals surface area contributed by atoms with Crippen LogP contribution >= 0.6 is 0 Å². The highest BCUT2D eigenvalue weighted by Crippen LogP contribution is 2.68. The van der Waals surface area contributed by atoms with E-state index in [9.17, 15) is 35.4 Å². The van der Waals surface area contributed by atoms with Gasteiger partial charge < -0.3 is 30.6 Å². The zero-order valence-corrected chi connectivity index (χ0v) is 21.3. The van der Waals surface area contributed by atoms with Crippen LogP contribution in [-0.4, -0.2) is 71.5 Å². The summed E-state index contributed by atoms with van der Waals surface area (Å²) in [6, 6.07) is 0. The van der Waals surface area contributed by atoms with Crippen LogP contribution in [0.5, 0.6) is 0 Å². The van der Waals surface area contributed by atoms with Crippen LogP contribution in [0.15, 0.2) is 11.6 Å². The Kier molecular flexibility index (Phi) is 6.24. The van der Waals surface area contributed by atoms with Gasteiger partial charge >= 0.3 is 0 Å². The molecule has 0 spiro atoms. The number of carbonyl (C=O) groups excluding carboxylic acids is 1. The molecule has 34 heavy (non-hydrogen) atoms. The first-order chi connectivity index (χ1) is 15.5. The maximum atomic E-state index is 13.2. The third kappa shape index (κ3) is 3.73. The molecule has 0 aromatic heterocycles. The van der Waals surface area contributed by atoms with Crippen molar-refractivity contribution in [1.82, 2.24) is 0 Å². The second-order valence-electron chi connectivity index (χ2n) is 13.2. The molecule has 0 radical (unpaired) electrons. The summed E-state index contributed by atoms with van der Waals surface area (Å²) in [7, 11) is 0. The summed E-state index contributed by atoms with van der Waals surface area (Å²) in [5.74, 6) is -0.948. The molecule has 0 aromatic carbocycles. The molecule has 3 fully saturated rings. The predicted molar refractivity (Wildman–Crippen MR) is 127 cm³/mol. The topological polar surface area (TPSA) is 138 Å². The van der Waals surface area contributed by atoms with E-state index in [0.29, 0.717) is 44.1 Å². The average Bonchev–Trinajstić information content (AvgIpc) is 3.00. The van der Waals surface area contributed by atoms with Gasteiger partial charge in [0.25, 0.3) is 0 Å². The number of ketones is 1. The van der Waals surface area contributed by atoms with Crippen molar-refractivity contribution in [3.8, 4) is 0 Å². The van der Waals surface area contributed by atoms with Gasteiger partial charge in [-0.1, -0.05) is 13.8 Å². The van der Waals surface area contributed by atoms with Crippen molar-refractivity contribution in [2.24, 2.45) is 28.6 Å². The zero-order valence-electron chi connectivity index (χ0n) is 21.3. The van der Waals surface area contributed by atoms with E-state index in [1.807, 2.05) is 13.8 Å². The third-order valence-electron chi connectivity index (χ3n) is 10.5. The lowest BCUT2D eigenvalue weighted by atomic mass is 9.45. The van der Waals surface area contributed by atoms with Crippen molar-refractivity contribution in [3.05, 3.63) is 11.6 Å². The summed E-state index contributed by atoms with van der Waals surface area (Å²) < 4.78 is 0. The summed E-state index contributed by atoms with van der Waals surface area (Å²) in [5.41, 5.74) is -4.27. The molecule has 4 rings (SSSR count). The first-order valence-electron chi connectivity index (χ1n) is 12.9. The van der Waals surface area contributed by atoms with Crippen molar-refractivity contribution >= 4 is 5.78 Å². The predicted octanol–water partition coefficient (Wildman–Crippen LogP) is 1.85. The fourth-order valence-corrected chi connectivity index (χ4v) is 8.32. The molecule has 3 saturated carbocycles. The number of rotatable bonds is 5. The molecule has 0 bridgehead atoms. The number of fused-ring (bicyclic) bond motifs is 5. The second kappa shape index (κ2) is 8.09. The standard InChI is InChI=1S/C27H44O7/c1-23(2,32)9-8-22(31)26(5,33)21-7-11-27(34)16-12-18(28)17-13-19(29)20(30)14-24(17,3)15(16)6-10-25(21,27)4/h12,15,17,19-22,29-34H,6-11,13-14H2,1-5H3/t15-,17-,19+,20-,21-,22-,24-,25-,26-,27+/m0/s1. The SMILES string of the molecule is CC(C)(O)CC[C@H](O)[C@@](C)(O)[C@H]1CC[C@@]2(O)C3=CC(=O)[C@@H]4C[C@@H](O)[C@@H](O)C[C@@]4(C)[C@H]3CC[C@@]12C. The molecule has 0 heterocycles. The number of aliphatic hydroxyl groups excluding tert-OH is 3. The lowest BCUT2D eigenvalue weighted by Crippen LogP contribution is -2.62. The fraction of sp³-hybridized carbons (Fsp3) is 0.889. The summed E-state index contributed by atoms with van der Waals surface area (Å²) in [4.78, 5) is 13.2. The van der Waals surface area contributed by atoms with Crippen molar-refractivity contribution < 1.29 is 35.4 Å². The Labute approximate surface area is 202 Å². The lowest BCUT2D eigenvalue weighted by molar-refractivity contribution is -0.177. The molecule has 6 N–H and O–H groups in total. The van der Waals surface area contributed by atoms with E-state index in [1.54, 1.807) is 26.8 Å². The minimum Gasteiger partial charge on any atom is -0.390 e. The molecule has 4 aliphatic carbocycles. The highest BCUT2D eigenvalue weighted by atomic mass is 16.3. The molecule has 0 aromatic rings. The van der Waals surface area contributed by atoms with E-state index >= 15 is 0 Å². The number of hydrogen-bond acceptors (Lipinski definition) is 7. The second-order valence-corrected chi connectivity index (χ2v) is 13.2. The van der Waals surface area contributed by atoms with E-state index in [-0.39, 0.29) is 36.4 Å². The number of carbonyl (C=O) groups is 1. The van der Waals surface area contributed by atoms with E-state index in [0.717, 1.165) is 0 Å². The molecule has 0 amide bonds. The van der Waals surface area contributed by atoms with Crippen LogP contribution < -0.4 is 0 Å². The normalized spacial score (nSPS) is 47.2. The van der Waals surface area contributed by atoms with Crippen LogP contribution in [0.3, 0.4) is 0 Å². The van der Waals surface area contributed by atoms with Gasteiger partial charge in [-0.05, 0) is 101 Å². The van der Waals surface area contributed by atoms with Gasteiger partial charge in [0.15, 0.2) is 5.78 Å². The Bertz CT molecular complexity index is 860. The smallest absolute Gasteiger partial charge is 0.159 e. The van der Waals surface area contributed by atoms with Gasteiger partial charge in [-0.25, -0.2) is 0 Å². The van der Waals surface area contributed by atoms with Gasteiger partial charge in [0, 0.05) is 11.3 Å². The molecule has 7 heteroatoms. The molecule has 0 unspecified atom stereocenters. The monoisotopic (exact) mass is 480 g/mol. The molecule has 10 atom stereocenters. The Balaban J connectivity index is 1.66. The first-order valence-corrected chi connectivity index (χ1v) is 12.9. The minimum atomic E-state index is -1.46. The van der Waals surface area contributed by atoms with Gasteiger partial charge in [-0.3, -0.25) is 4.79 Å².